The van der Waals surface area contributed by atoms with Crippen LogP contribution in [0.3, 0.4) is 0 Å². The van der Waals surface area contributed by atoms with Crippen LogP contribution >= 0.6 is 0 Å². The first-order chi connectivity index (χ1) is 15.2. The van der Waals surface area contributed by atoms with Crippen LogP contribution in [0.1, 0.15) is 28.8 Å². The van der Waals surface area contributed by atoms with E-state index >= 15 is 0 Å². The maximum absolute atomic E-state index is 12.6. The van der Waals surface area contributed by atoms with E-state index in [1.54, 1.807) is 16.9 Å². The number of amides is 1. The van der Waals surface area contributed by atoms with Crippen molar-refractivity contribution < 1.29 is 9.32 Å². The third-order valence-corrected chi connectivity index (χ3v) is 4.99. The van der Waals surface area contributed by atoms with Crippen LogP contribution in [-0.2, 0) is 13.0 Å². The summed E-state index contributed by atoms with van der Waals surface area (Å²) in [7, 11) is 0. The van der Waals surface area contributed by atoms with Crippen molar-refractivity contribution in [2.24, 2.45) is 0 Å². The Morgan fingerprint density at radius 2 is 2.03 bits per heavy atom. The lowest BCUT2D eigenvalue weighted by Gasteiger charge is -2.02. The molecule has 5 aromatic rings. The number of aryl methyl sites for hydroxylation is 1. The van der Waals surface area contributed by atoms with Crippen molar-refractivity contribution in [3.05, 3.63) is 84.1 Å². The molecule has 8 nitrogen and oxygen atoms in total. The first-order valence-electron chi connectivity index (χ1n) is 10.0. The fourth-order valence-electron chi connectivity index (χ4n) is 3.39. The summed E-state index contributed by atoms with van der Waals surface area (Å²) < 4.78 is 7.10. The van der Waals surface area contributed by atoms with Crippen molar-refractivity contribution in [2.45, 2.75) is 19.9 Å². The molecule has 0 aliphatic heterocycles. The van der Waals surface area contributed by atoms with Gasteiger partial charge in [-0.05, 0) is 30.7 Å². The van der Waals surface area contributed by atoms with E-state index < -0.39 is 0 Å². The Bertz CT molecular complexity index is 1350. The molecular weight excluding hydrogens is 392 g/mol. The number of aromatic nitrogens is 5. The molecule has 3 aromatic heterocycles. The van der Waals surface area contributed by atoms with E-state index in [9.17, 15) is 4.79 Å². The number of hydrogen-bond donors (Lipinski definition) is 2. The van der Waals surface area contributed by atoms with Gasteiger partial charge in [0.25, 0.3) is 5.91 Å². The van der Waals surface area contributed by atoms with Crippen LogP contribution in [0.15, 0.2) is 71.5 Å². The van der Waals surface area contributed by atoms with Gasteiger partial charge in [0.05, 0.1) is 22.8 Å². The molecule has 0 aliphatic rings. The van der Waals surface area contributed by atoms with E-state index in [0.29, 0.717) is 17.9 Å². The molecule has 3 heterocycles. The number of carbonyl (C=O) groups is 1. The van der Waals surface area contributed by atoms with Gasteiger partial charge >= 0.3 is 0 Å². The molecule has 2 aromatic carbocycles. The largest absolute Gasteiger partial charge is 0.355 e. The van der Waals surface area contributed by atoms with E-state index in [0.717, 1.165) is 29.0 Å². The molecule has 0 saturated heterocycles. The number of H-pyrrole nitrogens is 1. The second kappa shape index (κ2) is 7.91. The zero-order valence-corrected chi connectivity index (χ0v) is 16.9. The Labute approximate surface area is 177 Å². The molecule has 2 N–H and O–H groups in total. The number of rotatable bonds is 6. The summed E-state index contributed by atoms with van der Waals surface area (Å²) >= 11 is 0. The Morgan fingerprint density at radius 3 is 2.84 bits per heavy atom. The first kappa shape index (κ1) is 18.8. The van der Waals surface area contributed by atoms with Gasteiger partial charge in [0.15, 0.2) is 11.5 Å². The lowest BCUT2D eigenvalue weighted by molar-refractivity contribution is 0.101. The van der Waals surface area contributed by atoms with Crippen molar-refractivity contribution in [2.75, 3.05) is 5.32 Å². The molecule has 5 rings (SSSR count). The third kappa shape index (κ3) is 3.95. The average molecular weight is 412 g/mol. The number of nitrogens with zero attached hydrogens (tertiary/aromatic N) is 4. The number of carbonyl (C=O) groups excluding carboxylic acids is 1. The fourth-order valence-corrected chi connectivity index (χ4v) is 3.39. The maximum atomic E-state index is 12.6. The van der Waals surface area contributed by atoms with Gasteiger partial charge in [-0.25, -0.2) is 4.98 Å². The highest BCUT2D eigenvalue weighted by Crippen LogP contribution is 2.22. The first-order valence-corrected chi connectivity index (χ1v) is 10.0. The predicted octanol–water partition coefficient (Wildman–Crippen LogP) is 4.28. The average Bonchev–Trinajstić information content (AvgIpc) is 3.52. The number of aromatic amines is 1. The van der Waals surface area contributed by atoms with Crippen LogP contribution in [-0.4, -0.2) is 30.8 Å². The summed E-state index contributed by atoms with van der Waals surface area (Å²) in [5.74, 6) is 1.03. The van der Waals surface area contributed by atoms with Gasteiger partial charge < -0.3 is 14.8 Å². The minimum absolute atomic E-state index is 0.203. The van der Waals surface area contributed by atoms with Gasteiger partial charge in [-0.3, -0.25) is 9.48 Å². The number of imidazole rings is 1. The third-order valence-electron chi connectivity index (χ3n) is 4.99. The number of fused-ring (bicyclic) bond motifs is 1. The second-order valence-electron chi connectivity index (χ2n) is 7.19. The Kier molecular flexibility index (Phi) is 4.80. The van der Waals surface area contributed by atoms with Gasteiger partial charge in [-0.2, -0.15) is 5.10 Å². The minimum atomic E-state index is -0.346. The van der Waals surface area contributed by atoms with E-state index in [1.807, 2.05) is 49.5 Å². The van der Waals surface area contributed by atoms with Crippen LogP contribution in [0, 0.1) is 0 Å². The molecule has 0 bridgehead atoms. The topological polar surface area (TPSA) is 102 Å². The summed E-state index contributed by atoms with van der Waals surface area (Å²) in [6.45, 7) is 2.75. The summed E-state index contributed by atoms with van der Waals surface area (Å²) in [6.07, 6.45) is 4.25. The Balaban J connectivity index is 1.31. The molecule has 0 atom stereocenters. The Hall–Kier alpha value is -4.20. The fraction of sp³-hybridized carbons (Fsp3) is 0.130. The molecular formula is C23H20N6O2. The van der Waals surface area contributed by atoms with E-state index in [4.69, 9.17) is 4.52 Å². The molecule has 0 fully saturated rings. The maximum Gasteiger partial charge on any atom is 0.277 e. The standard InChI is InChI=1S/C23H20N6O2/c1-2-29-14-16(13-24-29)21-12-20(28-31-21)23(30)25-17-8-9-18-19(11-17)27-22(26-18)10-15-6-4-3-5-7-15/h3-9,11-14H,2,10H2,1H3,(H,25,30)(H,26,27). The van der Waals surface area contributed by atoms with Gasteiger partial charge in [0, 0.05) is 30.9 Å². The molecule has 0 aliphatic carbocycles. The molecule has 31 heavy (non-hydrogen) atoms. The van der Waals surface area contributed by atoms with Crippen molar-refractivity contribution in [3.8, 4) is 11.3 Å². The highest BCUT2D eigenvalue weighted by Gasteiger charge is 2.15. The normalized spacial score (nSPS) is 11.1. The number of nitrogens with one attached hydrogen (secondary N) is 2. The van der Waals surface area contributed by atoms with Gasteiger partial charge in [-0.1, -0.05) is 35.5 Å². The lowest BCUT2D eigenvalue weighted by atomic mass is 10.1. The van der Waals surface area contributed by atoms with Gasteiger partial charge in [0.1, 0.15) is 5.82 Å². The molecule has 0 spiro atoms. The molecule has 0 saturated carbocycles. The number of anilines is 1. The summed E-state index contributed by atoms with van der Waals surface area (Å²) in [5.41, 5.74) is 4.52. The quantitative estimate of drug-likeness (QED) is 0.433. The highest BCUT2D eigenvalue weighted by molar-refractivity contribution is 6.04. The summed E-state index contributed by atoms with van der Waals surface area (Å²) in [5, 5.41) is 11.0. The molecule has 8 heteroatoms. The highest BCUT2D eigenvalue weighted by atomic mass is 16.5. The van der Waals surface area contributed by atoms with Gasteiger partial charge in [-0.15, -0.1) is 0 Å². The second-order valence-corrected chi connectivity index (χ2v) is 7.19. The molecule has 1 amide bonds. The Morgan fingerprint density at radius 1 is 1.16 bits per heavy atom. The zero-order chi connectivity index (χ0) is 21.2. The zero-order valence-electron chi connectivity index (χ0n) is 16.9. The predicted molar refractivity (Wildman–Crippen MR) is 117 cm³/mol. The monoisotopic (exact) mass is 412 g/mol. The smallest absolute Gasteiger partial charge is 0.277 e. The van der Waals surface area contributed by atoms with Crippen molar-refractivity contribution in [3.63, 3.8) is 0 Å². The van der Waals surface area contributed by atoms with E-state index in [1.165, 1.54) is 5.56 Å². The lowest BCUT2D eigenvalue weighted by Crippen LogP contribution is -2.12. The van der Waals surface area contributed by atoms with Crippen LogP contribution in [0.2, 0.25) is 0 Å². The molecule has 0 unspecified atom stereocenters. The molecule has 154 valence electrons. The number of benzene rings is 2. The van der Waals surface area contributed by atoms with Crippen molar-refractivity contribution >= 4 is 22.6 Å². The SMILES string of the molecule is CCn1cc(-c2cc(C(=O)Nc3ccc4nc(Cc5ccccc5)[nH]c4c3)no2)cn1. The molecule has 0 radical (unpaired) electrons. The van der Waals surface area contributed by atoms with E-state index in [-0.39, 0.29) is 11.6 Å². The number of hydrogen-bond acceptors (Lipinski definition) is 5. The summed E-state index contributed by atoms with van der Waals surface area (Å²) in [6, 6.07) is 17.3. The van der Waals surface area contributed by atoms with E-state index in [2.05, 4.69) is 37.7 Å². The van der Waals surface area contributed by atoms with Crippen LogP contribution in [0.25, 0.3) is 22.4 Å². The minimum Gasteiger partial charge on any atom is -0.355 e. The van der Waals surface area contributed by atoms with Gasteiger partial charge in [0.2, 0.25) is 0 Å². The summed E-state index contributed by atoms with van der Waals surface area (Å²) in [4.78, 5) is 20.6. The van der Waals surface area contributed by atoms with Crippen molar-refractivity contribution in [1.82, 2.24) is 24.9 Å². The van der Waals surface area contributed by atoms with Crippen LogP contribution in [0.4, 0.5) is 5.69 Å². The van der Waals surface area contributed by atoms with Crippen molar-refractivity contribution in [1.29, 1.82) is 0 Å². The van der Waals surface area contributed by atoms with Crippen LogP contribution < -0.4 is 5.32 Å². The van der Waals surface area contributed by atoms with Crippen LogP contribution in [0.5, 0.6) is 0 Å².